The maximum absolute atomic E-state index is 14.2. The minimum atomic E-state index is -4.10. The van der Waals surface area contributed by atoms with Gasteiger partial charge in [0, 0.05) is 29.3 Å². The van der Waals surface area contributed by atoms with Crippen molar-refractivity contribution >= 4 is 21.9 Å². The molecule has 0 unspecified atom stereocenters. The molecule has 1 atom stereocenters. The predicted molar refractivity (Wildman–Crippen MR) is 169 cm³/mol. The molecule has 10 heteroatoms. The number of nitrogens with zero attached hydrogens (tertiary/aromatic N) is 3. The Kier molecular flexibility index (Phi) is 9.17. The van der Waals surface area contributed by atoms with Crippen molar-refractivity contribution in [2.45, 2.75) is 76.4 Å². The van der Waals surface area contributed by atoms with Crippen molar-refractivity contribution in [2.75, 3.05) is 17.9 Å². The van der Waals surface area contributed by atoms with E-state index in [1.54, 1.807) is 18.2 Å². The van der Waals surface area contributed by atoms with E-state index in [1.165, 1.54) is 12.1 Å². The van der Waals surface area contributed by atoms with E-state index in [-0.39, 0.29) is 41.3 Å². The molecule has 9 nitrogen and oxygen atoms in total. The second kappa shape index (κ2) is 12.9. The van der Waals surface area contributed by atoms with E-state index in [9.17, 15) is 13.2 Å². The molecule has 1 fully saturated rings. The first-order valence-electron chi connectivity index (χ1n) is 14.9. The van der Waals surface area contributed by atoms with Gasteiger partial charge in [0.2, 0.25) is 11.8 Å². The van der Waals surface area contributed by atoms with Crippen molar-refractivity contribution in [2.24, 2.45) is 5.92 Å². The number of ether oxygens (including phenoxy) is 1. The van der Waals surface area contributed by atoms with Gasteiger partial charge in [0.15, 0.2) is 0 Å². The average molecular weight is 604 g/mol. The summed E-state index contributed by atoms with van der Waals surface area (Å²) in [6.07, 6.45) is 5.11. The smallest absolute Gasteiger partial charge is 0.264 e. The number of hydrogen-bond acceptors (Lipinski definition) is 7. The molecule has 228 valence electrons. The van der Waals surface area contributed by atoms with Crippen LogP contribution >= 0.6 is 0 Å². The lowest BCUT2D eigenvalue weighted by molar-refractivity contribution is 0.0214. The fourth-order valence-electron chi connectivity index (χ4n) is 6.00. The molecule has 4 bridgehead atoms. The highest BCUT2D eigenvalue weighted by molar-refractivity contribution is 7.92. The summed E-state index contributed by atoms with van der Waals surface area (Å²) < 4.78 is 36.0. The van der Waals surface area contributed by atoms with Crippen LogP contribution < -0.4 is 14.8 Å². The van der Waals surface area contributed by atoms with Crippen LogP contribution in [0.1, 0.15) is 61.0 Å². The Balaban J connectivity index is 1.58. The van der Waals surface area contributed by atoms with Crippen molar-refractivity contribution in [3.05, 3.63) is 77.9 Å². The molecule has 1 aromatic heterocycles. The zero-order valence-electron chi connectivity index (χ0n) is 25.3. The van der Waals surface area contributed by atoms with Crippen LogP contribution in [0.3, 0.4) is 0 Å². The second-order valence-electron chi connectivity index (χ2n) is 12.0. The van der Waals surface area contributed by atoms with Crippen molar-refractivity contribution in [1.29, 1.82) is 0 Å². The Labute approximate surface area is 254 Å². The third kappa shape index (κ3) is 6.91. The number of nitrogens with one attached hydrogen (secondary N) is 2. The first kappa shape index (κ1) is 30.7. The number of hydrogen-bond donors (Lipinski definition) is 2. The number of fused-ring (bicyclic) bond motifs is 4. The predicted octanol–water partition coefficient (Wildman–Crippen LogP) is 5.51. The molecule has 2 aromatic carbocycles. The van der Waals surface area contributed by atoms with Crippen LogP contribution in [0.5, 0.6) is 5.88 Å². The van der Waals surface area contributed by atoms with Gasteiger partial charge in [-0.15, -0.1) is 6.58 Å². The minimum Gasteiger partial charge on any atom is -0.475 e. The highest BCUT2D eigenvalue weighted by Gasteiger charge is 2.40. The topological polar surface area (TPSA) is 114 Å². The van der Waals surface area contributed by atoms with Gasteiger partial charge >= 0.3 is 0 Å². The molecular formula is C33H41N5O4S. The van der Waals surface area contributed by atoms with Gasteiger partial charge < -0.3 is 15.0 Å². The van der Waals surface area contributed by atoms with Crippen LogP contribution in [-0.4, -0.2) is 60.5 Å². The summed E-state index contributed by atoms with van der Waals surface area (Å²) in [5.74, 6) is 0.251. The minimum absolute atomic E-state index is 0.00395. The number of carbonyl (C=O) groups is 1. The lowest BCUT2D eigenvalue weighted by Crippen LogP contribution is -2.59. The number of amides is 1. The highest BCUT2D eigenvalue weighted by Crippen LogP contribution is 2.33. The van der Waals surface area contributed by atoms with Crippen LogP contribution in [0.2, 0.25) is 0 Å². The SMILES string of the molecule is C=CCCNC1CC(N2C(=O)c3cccc(c3)S(=O)(=O)Nc3nc(cc(-c4c(C)cccc4C)n3)OC[C@H]2CC(C)C)C1. The molecule has 43 heavy (non-hydrogen) atoms. The molecule has 1 amide bonds. The molecule has 0 saturated heterocycles. The van der Waals surface area contributed by atoms with Crippen molar-refractivity contribution < 1.29 is 17.9 Å². The third-order valence-corrected chi connectivity index (χ3v) is 9.47. The van der Waals surface area contributed by atoms with E-state index in [4.69, 9.17) is 4.74 Å². The van der Waals surface area contributed by atoms with E-state index < -0.39 is 10.0 Å². The summed E-state index contributed by atoms with van der Waals surface area (Å²) in [4.78, 5) is 25.2. The van der Waals surface area contributed by atoms with E-state index in [0.29, 0.717) is 23.2 Å². The summed E-state index contributed by atoms with van der Waals surface area (Å²) in [5, 5.41) is 3.54. The monoisotopic (exact) mass is 603 g/mol. The normalized spacial score (nSPS) is 21.5. The van der Waals surface area contributed by atoms with Gasteiger partial charge in [-0.2, -0.15) is 4.98 Å². The van der Waals surface area contributed by atoms with Gasteiger partial charge in [-0.25, -0.2) is 18.1 Å². The average Bonchev–Trinajstić information content (AvgIpc) is 2.93. The first-order valence-corrected chi connectivity index (χ1v) is 16.4. The number of sulfonamides is 1. The van der Waals surface area contributed by atoms with Gasteiger partial charge in [-0.3, -0.25) is 4.79 Å². The molecule has 1 aliphatic carbocycles. The van der Waals surface area contributed by atoms with Crippen LogP contribution in [0.25, 0.3) is 11.3 Å². The largest absolute Gasteiger partial charge is 0.475 e. The maximum atomic E-state index is 14.2. The van der Waals surface area contributed by atoms with Crippen LogP contribution in [-0.2, 0) is 10.0 Å². The number of rotatable bonds is 8. The standard InChI is InChI=1S/C33H41N5O4S/c1-6-7-14-34-25-17-26(18-25)38-27(15-21(2)3)20-42-30-19-29(31-22(4)10-8-11-23(31)5)35-33(36-30)37-43(40,41)28-13-9-12-24(16-28)32(38)39/h6,8-13,16,19,21,25-27,34H,1,7,14-15,17-18,20H2,2-5H3,(H,35,36,37)/t25?,26?,27-/m1/s1. The van der Waals surface area contributed by atoms with E-state index >= 15 is 0 Å². The Hall–Kier alpha value is -3.76. The van der Waals surface area contributed by atoms with Gasteiger partial charge in [0.1, 0.15) is 6.61 Å². The zero-order chi connectivity index (χ0) is 30.7. The quantitative estimate of drug-likeness (QED) is 0.258. The van der Waals surface area contributed by atoms with Gasteiger partial charge in [0.05, 0.1) is 16.6 Å². The summed E-state index contributed by atoms with van der Waals surface area (Å²) in [6, 6.07) is 14.0. The fourth-order valence-corrected chi connectivity index (χ4v) is 6.99. The van der Waals surface area contributed by atoms with Gasteiger partial charge in [-0.1, -0.05) is 44.2 Å². The number of carbonyl (C=O) groups excluding carboxylic acids is 1. The summed E-state index contributed by atoms with van der Waals surface area (Å²) in [5.41, 5.74) is 3.77. The molecule has 2 heterocycles. The Morgan fingerprint density at radius 2 is 1.84 bits per heavy atom. The third-order valence-electron chi connectivity index (χ3n) is 8.14. The molecule has 2 N–H and O–H groups in total. The highest BCUT2D eigenvalue weighted by atomic mass is 32.2. The van der Waals surface area contributed by atoms with Crippen LogP contribution in [0.4, 0.5) is 5.95 Å². The molecule has 3 aromatic rings. The molecular weight excluding hydrogens is 562 g/mol. The van der Waals surface area contributed by atoms with Gasteiger partial charge in [0.25, 0.3) is 15.9 Å². The molecule has 1 aliphatic heterocycles. The maximum Gasteiger partial charge on any atom is 0.264 e. The number of aryl methyl sites for hydroxylation is 2. The Morgan fingerprint density at radius 1 is 1.12 bits per heavy atom. The number of aromatic nitrogens is 2. The van der Waals surface area contributed by atoms with Crippen LogP contribution in [0.15, 0.2) is 66.1 Å². The Bertz CT molecular complexity index is 1580. The summed E-state index contributed by atoms with van der Waals surface area (Å²) in [7, 11) is -4.10. The summed E-state index contributed by atoms with van der Waals surface area (Å²) >= 11 is 0. The van der Waals surface area contributed by atoms with Crippen LogP contribution in [0, 0.1) is 19.8 Å². The van der Waals surface area contributed by atoms with Crippen molar-refractivity contribution in [3.63, 3.8) is 0 Å². The second-order valence-corrected chi connectivity index (χ2v) is 13.7. The van der Waals surface area contributed by atoms with Gasteiger partial charge in [-0.05, 0) is 81.3 Å². The lowest BCUT2D eigenvalue weighted by Gasteiger charge is -2.47. The lowest BCUT2D eigenvalue weighted by atomic mass is 9.83. The molecule has 0 radical (unpaired) electrons. The van der Waals surface area contributed by atoms with E-state index in [0.717, 1.165) is 48.9 Å². The molecule has 1 saturated carbocycles. The fraction of sp³-hybridized carbons (Fsp3) is 0.424. The zero-order valence-corrected chi connectivity index (χ0v) is 26.2. The Morgan fingerprint density at radius 3 is 2.53 bits per heavy atom. The molecule has 2 aliphatic rings. The first-order chi connectivity index (χ1) is 20.6. The van der Waals surface area contributed by atoms with Crippen molar-refractivity contribution in [3.8, 4) is 17.1 Å². The number of benzene rings is 2. The van der Waals surface area contributed by atoms with E-state index in [1.807, 2.05) is 43.0 Å². The van der Waals surface area contributed by atoms with E-state index in [2.05, 4.69) is 40.4 Å². The molecule has 0 spiro atoms. The molecule has 5 rings (SSSR count). The van der Waals surface area contributed by atoms with Crippen molar-refractivity contribution in [1.82, 2.24) is 20.2 Å². The number of anilines is 1. The summed E-state index contributed by atoms with van der Waals surface area (Å²) in [6.45, 7) is 13.1.